The summed E-state index contributed by atoms with van der Waals surface area (Å²) in [5.74, 6) is -0.599. The molecule has 0 aromatic heterocycles. The monoisotopic (exact) mass is 383 g/mol. The van der Waals surface area contributed by atoms with Gasteiger partial charge in [-0.25, -0.2) is 12.8 Å². The molecule has 1 N–H and O–H groups in total. The number of nitrogens with zero attached hydrogens (tertiary/aromatic N) is 2. The third kappa shape index (κ3) is 4.42. The summed E-state index contributed by atoms with van der Waals surface area (Å²) in [5, 5.41) is 3.19. The smallest absolute Gasteiger partial charge is 0.243 e. The summed E-state index contributed by atoms with van der Waals surface area (Å²) in [7, 11) is -3.82. The normalized spacial score (nSPS) is 19.2. The Labute approximate surface area is 154 Å². The first-order valence-electron chi connectivity index (χ1n) is 9.24. The molecule has 8 heteroatoms. The summed E-state index contributed by atoms with van der Waals surface area (Å²) in [5.41, 5.74) is 0. The Hall–Kier alpha value is -1.51. The highest BCUT2D eigenvalue weighted by molar-refractivity contribution is 7.89. The minimum atomic E-state index is -3.82. The molecule has 1 aliphatic carbocycles. The van der Waals surface area contributed by atoms with E-state index >= 15 is 0 Å². The lowest BCUT2D eigenvalue weighted by atomic mass is 10.2. The second-order valence-electron chi connectivity index (χ2n) is 6.89. The minimum Gasteiger partial charge on any atom is -0.340 e. The van der Waals surface area contributed by atoms with Gasteiger partial charge in [0, 0.05) is 45.2 Å². The zero-order valence-corrected chi connectivity index (χ0v) is 15.7. The third-order valence-corrected chi connectivity index (χ3v) is 7.10. The van der Waals surface area contributed by atoms with Crippen LogP contribution in [0.1, 0.15) is 32.1 Å². The maximum atomic E-state index is 13.5. The van der Waals surface area contributed by atoms with Gasteiger partial charge in [-0.3, -0.25) is 4.79 Å². The molecule has 1 saturated carbocycles. The zero-order valence-electron chi connectivity index (χ0n) is 14.9. The second kappa shape index (κ2) is 8.45. The van der Waals surface area contributed by atoms with Crippen LogP contribution >= 0.6 is 0 Å². The van der Waals surface area contributed by atoms with E-state index in [2.05, 4.69) is 5.32 Å². The number of rotatable bonds is 6. The van der Waals surface area contributed by atoms with Crippen molar-refractivity contribution in [2.24, 2.45) is 0 Å². The summed E-state index contributed by atoms with van der Waals surface area (Å²) in [6.45, 7) is 2.98. The van der Waals surface area contributed by atoms with Gasteiger partial charge in [-0.15, -0.1) is 0 Å². The molecular weight excluding hydrogens is 357 g/mol. The summed E-state index contributed by atoms with van der Waals surface area (Å²) in [6.07, 6.45) is 3.69. The van der Waals surface area contributed by atoms with Gasteiger partial charge in [-0.1, -0.05) is 18.9 Å². The van der Waals surface area contributed by atoms with Crippen molar-refractivity contribution in [1.29, 1.82) is 0 Å². The van der Waals surface area contributed by atoms with E-state index in [0.29, 0.717) is 13.1 Å². The number of halogens is 1. The number of hydrogen-bond donors (Lipinski definition) is 1. The predicted molar refractivity (Wildman–Crippen MR) is 96.6 cm³/mol. The average molecular weight is 383 g/mol. The topological polar surface area (TPSA) is 69.7 Å². The van der Waals surface area contributed by atoms with Crippen LogP contribution in [-0.4, -0.2) is 62.3 Å². The quantitative estimate of drug-likeness (QED) is 0.810. The molecular formula is C18H26FN3O3S. The molecule has 2 fully saturated rings. The first kappa shape index (κ1) is 19.3. The van der Waals surface area contributed by atoms with Crippen molar-refractivity contribution in [3.8, 4) is 0 Å². The molecule has 1 aromatic rings. The molecule has 0 radical (unpaired) electrons. The Morgan fingerprint density at radius 3 is 2.58 bits per heavy atom. The SMILES string of the molecule is O=C(CCN(C1CCCC1)S(=O)(=O)c1cccc(F)c1)N1CCNCC1. The Balaban J connectivity index is 1.75. The van der Waals surface area contributed by atoms with Crippen molar-refractivity contribution < 1.29 is 17.6 Å². The van der Waals surface area contributed by atoms with Crippen molar-refractivity contribution in [3.05, 3.63) is 30.1 Å². The highest BCUT2D eigenvalue weighted by Crippen LogP contribution is 2.29. The Morgan fingerprint density at radius 1 is 1.23 bits per heavy atom. The van der Waals surface area contributed by atoms with E-state index in [4.69, 9.17) is 0 Å². The molecule has 1 saturated heterocycles. The van der Waals surface area contributed by atoms with Gasteiger partial charge in [0.15, 0.2) is 0 Å². The fourth-order valence-corrected chi connectivity index (χ4v) is 5.45. The maximum Gasteiger partial charge on any atom is 0.243 e. The van der Waals surface area contributed by atoms with E-state index in [1.165, 1.54) is 22.5 Å². The van der Waals surface area contributed by atoms with Crippen molar-refractivity contribution in [3.63, 3.8) is 0 Å². The van der Waals surface area contributed by atoms with Crippen molar-refractivity contribution >= 4 is 15.9 Å². The number of carbonyl (C=O) groups is 1. The van der Waals surface area contributed by atoms with Crippen LogP contribution in [-0.2, 0) is 14.8 Å². The van der Waals surface area contributed by atoms with Crippen molar-refractivity contribution in [1.82, 2.24) is 14.5 Å². The maximum absolute atomic E-state index is 13.5. The molecule has 1 heterocycles. The second-order valence-corrected chi connectivity index (χ2v) is 8.78. The lowest BCUT2D eigenvalue weighted by molar-refractivity contribution is -0.131. The van der Waals surface area contributed by atoms with E-state index in [1.54, 1.807) is 4.90 Å². The first-order valence-corrected chi connectivity index (χ1v) is 10.7. The van der Waals surface area contributed by atoms with Crippen LogP contribution in [0.25, 0.3) is 0 Å². The van der Waals surface area contributed by atoms with Gasteiger partial charge in [0.1, 0.15) is 5.82 Å². The van der Waals surface area contributed by atoms with Crippen LogP contribution in [0.4, 0.5) is 4.39 Å². The summed E-state index contributed by atoms with van der Waals surface area (Å²) >= 11 is 0. The number of benzene rings is 1. The average Bonchev–Trinajstić information content (AvgIpc) is 3.16. The first-order chi connectivity index (χ1) is 12.5. The summed E-state index contributed by atoms with van der Waals surface area (Å²) in [6, 6.07) is 4.99. The fraction of sp³-hybridized carbons (Fsp3) is 0.611. The van der Waals surface area contributed by atoms with E-state index in [-0.39, 0.29) is 29.8 Å². The molecule has 2 aliphatic rings. The molecule has 0 unspecified atom stereocenters. The molecule has 6 nitrogen and oxygen atoms in total. The molecule has 0 bridgehead atoms. The van der Waals surface area contributed by atoms with Crippen molar-refractivity contribution in [2.45, 2.75) is 43.0 Å². The predicted octanol–water partition coefficient (Wildman–Crippen LogP) is 1.58. The number of nitrogens with one attached hydrogen (secondary N) is 1. The van der Waals surface area contributed by atoms with Gasteiger partial charge in [0.2, 0.25) is 15.9 Å². The molecule has 0 spiro atoms. The molecule has 1 aliphatic heterocycles. The van der Waals surface area contributed by atoms with Crippen LogP contribution in [0.5, 0.6) is 0 Å². The van der Waals surface area contributed by atoms with E-state index in [0.717, 1.165) is 44.8 Å². The minimum absolute atomic E-state index is 0.0241. The molecule has 3 rings (SSSR count). The van der Waals surface area contributed by atoms with Gasteiger partial charge in [0.05, 0.1) is 4.90 Å². The lowest BCUT2D eigenvalue weighted by Gasteiger charge is -2.31. The highest BCUT2D eigenvalue weighted by Gasteiger charge is 2.34. The van der Waals surface area contributed by atoms with Gasteiger partial charge in [-0.2, -0.15) is 4.31 Å². The van der Waals surface area contributed by atoms with Gasteiger partial charge in [0.25, 0.3) is 0 Å². The zero-order chi connectivity index (χ0) is 18.6. The van der Waals surface area contributed by atoms with Gasteiger partial charge < -0.3 is 10.2 Å². The number of carbonyl (C=O) groups excluding carboxylic acids is 1. The Bertz CT molecular complexity index is 729. The largest absolute Gasteiger partial charge is 0.340 e. The number of amides is 1. The summed E-state index contributed by atoms with van der Waals surface area (Å²) < 4.78 is 41.1. The number of sulfonamides is 1. The molecule has 26 heavy (non-hydrogen) atoms. The third-order valence-electron chi connectivity index (χ3n) is 5.15. The molecule has 0 atom stereocenters. The number of hydrogen-bond acceptors (Lipinski definition) is 4. The molecule has 144 valence electrons. The van der Waals surface area contributed by atoms with Gasteiger partial charge in [-0.05, 0) is 31.0 Å². The standard InChI is InChI=1S/C18H26FN3O3S/c19-15-4-3-7-17(14-15)26(24,25)22(16-5-1-2-6-16)11-8-18(23)21-12-9-20-10-13-21/h3-4,7,14,16,20H,1-2,5-6,8-13H2. The fourth-order valence-electron chi connectivity index (χ4n) is 3.73. The Morgan fingerprint density at radius 2 is 1.92 bits per heavy atom. The van der Waals surface area contributed by atoms with Crippen LogP contribution in [0, 0.1) is 5.82 Å². The molecule has 1 amide bonds. The number of piperazine rings is 1. The van der Waals surface area contributed by atoms with Crippen LogP contribution in [0.15, 0.2) is 29.2 Å². The van der Waals surface area contributed by atoms with E-state index < -0.39 is 15.8 Å². The van der Waals surface area contributed by atoms with Crippen LogP contribution in [0.3, 0.4) is 0 Å². The van der Waals surface area contributed by atoms with Crippen LogP contribution < -0.4 is 5.32 Å². The van der Waals surface area contributed by atoms with Crippen LogP contribution in [0.2, 0.25) is 0 Å². The van der Waals surface area contributed by atoms with Gasteiger partial charge >= 0.3 is 0 Å². The van der Waals surface area contributed by atoms with E-state index in [9.17, 15) is 17.6 Å². The Kier molecular flexibility index (Phi) is 6.26. The summed E-state index contributed by atoms with van der Waals surface area (Å²) in [4.78, 5) is 14.2. The molecule has 1 aromatic carbocycles. The lowest BCUT2D eigenvalue weighted by Crippen LogP contribution is -2.48. The highest BCUT2D eigenvalue weighted by atomic mass is 32.2. The van der Waals surface area contributed by atoms with Crippen molar-refractivity contribution in [2.75, 3.05) is 32.7 Å². The van der Waals surface area contributed by atoms with E-state index in [1.807, 2.05) is 0 Å².